The van der Waals surface area contributed by atoms with Crippen LogP contribution in [-0.2, 0) is 6.42 Å². The second-order valence-electron chi connectivity index (χ2n) is 3.95. The number of unbranched alkanes of at least 4 members (excludes halogenated alkanes) is 2. The molecule has 0 saturated heterocycles. The maximum Gasteiger partial charge on any atom is 0.0902 e. The largest absolute Gasteiger partial charge is 0.473 e. The van der Waals surface area contributed by atoms with Crippen LogP contribution in [0.1, 0.15) is 31.7 Å². The third kappa shape index (κ3) is 5.81. The summed E-state index contributed by atoms with van der Waals surface area (Å²) in [5.41, 5.74) is 8.04. The molecule has 92 valence electrons. The molecule has 0 amide bonds. The van der Waals surface area contributed by atoms with Gasteiger partial charge >= 0.3 is 0 Å². The fourth-order valence-electron chi connectivity index (χ4n) is 1.55. The van der Waals surface area contributed by atoms with Gasteiger partial charge in [-0.25, -0.2) is 0 Å². The van der Waals surface area contributed by atoms with Gasteiger partial charge in [0.05, 0.1) is 12.5 Å². The zero-order chi connectivity index (χ0) is 12.3. The minimum atomic E-state index is 0.939. The molecule has 0 bridgehead atoms. The van der Waals surface area contributed by atoms with E-state index < -0.39 is 0 Å². The highest BCUT2D eigenvalue weighted by Gasteiger charge is 1.95. The van der Waals surface area contributed by atoms with Crippen molar-refractivity contribution in [3.63, 3.8) is 0 Å². The minimum Gasteiger partial charge on any atom is -0.473 e. The number of nitrogen functional groups attached to an aromatic ring is 1. The van der Waals surface area contributed by atoms with E-state index in [1.807, 2.05) is 24.3 Å². The summed E-state index contributed by atoms with van der Waals surface area (Å²) in [5.74, 6) is 0. The topological polar surface area (TPSA) is 39.2 Å². The van der Waals surface area contributed by atoms with E-state index in [0.717, 1.165) is 12.1 Å². The van der Waals surface area contributed by atoms with Gasteiger partial charge in [-0.1, -0.05) is 38.0 Å². The highest BCUT2D eigenvalue weighted by Crippen LogP contribution is 2.13. The summed E-state index contributed by atoms with van der Waals surface area (Å²) in [5, 5.41) is 0. The van der Waals surface area contributed by atoms with Gasteiger partial charge in [-0.15, -0.1) is 0 Å². The summed E-state index contributed by atoms with van der Waals surface area (Å²) in [6, 6.07) is 11.8. The van der Waals surface area contributed by atoms with Crippen molar-refractivity contribution in [3.8, 4) is 0 Å². The van der Waals surface area contributed by atoms with Crippen molar-refractivity contribution < 1.29 is 4.42 Å². The molecule has 0 fully saturated rings. The number of aryl methyl sites for hydroxylation is 1. The summed E-state index contributed by atoms with van der Waals surface area (Å²) >= 11 is 0. The first-order valence-electron chi connectivity index (χ1n) is 6.15. The monoisotopic (exact) mass is 231 g/mol. The predicted octanol–water partition coefficient (Wildman–Crippen LogP) is 4.28. The van der Waals surface area contributed by atoms with Crippen LogP contribution in [0, 0.1) is 0 Å². The van der Waals surface area contributed by atoms with Crippen LogP contribution in [0.25, 0.3) is 0 Å². The van der Waals surface area contributed by atoms with Gasteiger partial charge in [0.25, 0.3) is 0 Å². The average Bonchev–Trinajstić information content (AvgIpc) is 2.91. The summed E-state index contributed by atoms with van der Waals surface area (Å²) < 4.78 is 4.58. The summed E-state index contributed by atoms with van der Waals surface area (Å²) in [7, 11) is 0. The first-order chi connectivity index (χ1) is 8.34. The third-order valence-corrected chi connectivity index (χ3v) is 2.53. The van der Waals surface area contributed by atoms with Crippen LogP contribution in [0.2, 0.25) is 0 Å². The summed E-state index contributed by atoms with van der Waals surface area (Å²) in [6.45, 7) is 2.22. The Morgan fingerprint density at radius 2 is 1.71 bits per heavy atom. The number of benzene rings is 1. The highest BCUT2D eigenvalue weighted by molar-refractivity contribution is 5.46. The fourth-order valence-corrected chi connectivity index (χ4v) is 1.55. The molecule has 2 N–H and O–H groups in total. The van der Waals surface area contributed by atoms with Crippen LogP contribution < -0.4 is 5.73 Å². The van der Waals surface area contributed by atoms with Gasteiger partial charge in [0.15, 0.2) is 0 Å². The quantitative estimate of drug-likeness (QED) is 0.630. The van der Waals surface area contributed by atoms with Gasteiger partial charge in [-0.05, 0) is 36.6 Å². The van der Waals surface area contributed by atoms with E-state index in [4.69, 9.17) is 5.73 Å². The normalized spacial score (nSPS) is 9.47. The first kappa shape index (κ1) is 13.4. The van der Waals surface area contributed by atoms with Crippen molar-refractivity contribution in [1.82, 2.24) is 0 Å². The SMILES string of the molecule is CCCCCc1ccccc1N.c1ccoc1. The standard InChI is InChI=1S/C11H17N.C4H4O/c1-2-3-4-7-10-8-5-6-9-11(10)12;1-2-4-5-3-1/h5-6,8-9H,2-4,7,12H2,1H3;1-4H. The molecule has 2 rings (SSSR count). The van der Waals surface area contributed by atoms with Crippen molar-refractivity contribution in [1.29, 1.82) is 0 Å². The van der Waals surface area contributed by atoms with Gasteiger partial charge in [0, 0.05) is 5.69 Å². The van der Waals surface area contributed by atoms with Crippen molar-refractivity contribution in [2.45, 2.75) is 32.6 Å². The summed E-state index contributed by atoms with van der Waals surface area (Å²) in [6.07, 6.45) is 8.20. The molecule has 2 nitrogen and oxygen atoms in total. The van der Waals surface area contributed by atoms with Crippen molar-refractivity contribution in [2.75, 3.05) is 5.73 Å². The zero-order valence-electron chi connectivity index (χ0n) is 10.4. The van der Waals surface area contributed by atoms with Crippen LogP contribution in [-0.4, -0.2) is 0 Å². The van der Waals surface area contributed by atoms with Gasteiger partial charge in [-0.3, -0.25) is 0 Å². The molecule has 17 heavy (non-hydrogen) atoms. The Morgan fingerprint density at radius 1 is 1.00 bits per heavy atom. The molecule has 0 radical (unpaired) electrons. The molecule has 0 aliphatic heterocycles. The number of hydrogen-bond donors (Lipinski definition) is 1. The molecule has 2 aromatic rings. The lowest BCUT2D eigenvalue weighted by Gasteiger charge is -2.03. The lowest BCUT2D eigenvalue weighted by atomic mass is 10.1. The van der Waals surface area contributed by atoms with E-state index in [1.165, 1.54) is 24.8 Å². The Bertz CT molecular complexity index is 364. The van der Waals surface area contributed by atoms with Gasteiger partial charge in [0.1, 0.15) is 0 Å². The number of hydrogen-bond acceptors (Lipinski definition) is 2. The molecule has 0 aliphatic rings. The highest BCUT2D eigenvalue weighted by atomic mass is 16.3. The van der Waals surface area contributed by atoms with Gasteiger partial charge in [0.2, 0.25) is 0 Å². The molecule has 0 saturated carbocycles. The number of anilines is 1. The molecule has 1 heterocycles. The van der Waals surface area contributed by atoms with E-state index in [2.05, 4.69) is 23.5 Å². The molecule has 0 aliphatic carbocycles. The van der Waals surface area contributed by atoms with Crippen molar-refractivity contribution >= 4 is 5.69 Å². The van der Waals surface area contributed by atoms with E-state index in [0.29, 0.717) is 0 Å². The third-order valence-electron chi connectivity index (χ3n) is 2.53. The molecule has 1 aromatic heterocycles. The number of nitrogens with two attached hydrogens (primary N) is 1. The molecule has 0 unspecified atom stereocenters. The Labute approximate surface area is 103 Å². The first-order valence-corrected chi connectivity index (χ1v) is 6.15. The Balaban J connectivity index is 0.000000239. The van der Waals surface area contributed by atoms with Crippen molar-refractivity contribution in [3.05, 3.63) is 54.5 Å². The van der Waals surface area contributed by atoms with Gasteiger partial charge < -0.3 is 10.2 Å². The maximum absolute atomic E-state index is 5.80. The van der Waals surface area contributed by atoms with Crippen LogP contribution in [0.5, 0.6) is 0 Å². The minimum absolute atomic E-state index is 0.939. The molecule has 0 spiro atoms. The molecular formula is C15H21NO. The average molecular weight is 231 g/mol. The molecule has 0 atom stereocenters. The predicted molar refractivity (Wildman–Crippen MR) is 72.8 cm³/mol. The van der Waals surface area contributed by atoms with E-state index in [9.17, 15) is 0 Å². The fraction of sp³-hybridized carbons (Fsp3) is 0.333. The second-order valence-corrected chi connectivity index (χ2v) is 3.95. The van der Waals surface area contributed by atoms with Gasteiger partial charge in [-0.2, -0.15) is 0 Å². The van der Waals surface area contributed by atoms with Crippen LogP contribution in [0.3, 0.4) is 0 Å². The zero-order valence-corrected chi connectivity index (χ0v) is 10.4. The van der Waals surface area contributed by atoms with E-state index >= 15 is 0 Å². The van der Waals surface area contributed by atoms with Crippen LogP contribution in [0.4, 0.5) is 5.69 Å². The number of para-hydroxylation sites is 1. The Kier molecular flexibility index (Phi) is 6.64. The lowest BCUT2D eigenvalue weighted by molar-refractivity contribution is 0.567. The van der Waals surface area contributed by atoms with Crippen molar-refractivity contribution in [2.24, 2.45) is 0 Å². The van der Waals surface area contributed by atoms with Crippen LogP contribution in [0.15, 0.2) is 53.3 Å². The summed E-state index contributed by atoms with van der Waals surface area (Å²) in [4.78, 5) is 0. The molecular weight excluding hydrogens is 210 g/mol. The Hall–Kier alpha value is -1.70. The number of rotatable bonds is 4. The van der Waals surface area contributed by atoms with E-state index in [1.54, 1.807) is 12.5 Å². The lowest BCUT2D eigenvalue weighted by Crippen LogP contribution is -1.93. The maximum atomic E-state index is 5.80. The Morgan fingerprint density at radius 3 is 2.24 bits per heavy atom. The van der Waals surface area contributed by atoms with Crippen LogP contribution >= 0.6 is 0 Å². The number of furan rings is 1. The molecule has 1 aromatic carbocycles. The molecule has 2 heteroatoms. The smallest absolute Gasteiger partial charge is 0.0902 e. The van der Waals surface area contributed by atoms with E-state index in [-0.39, 0.29) is 0 Å². The second kappa shape index (κ2) is 8.45.